The van der Waals surface area contributed by atoms with Gasteiger partial charge in [-0.1, -0.05) is 26.7 Å². The molecular formula is C15H30IN3. The van der Waals surface area contributed by atoms with Gasteiger partial charge in [0.05, 0.1) is 0 Å². The molecule has 19 heavy (non-hydrogen) atoms. The Morgan fingerprint density at radius 3 is 2.37 bits per heavy atom. The Balaban J connectivity index is 0.00000180. The molecule has 0 spiro atoms. The van der Waals surface area contributed by atoms with E-state index in [4.69, 9.17) is 4.99 Å². The summed E-state index contributed by atoms with van der Waals surface area (Å²) < 4.78 is 0. The van der Waals surface area contributed by atoms with Crippen LogP contribution in [0.4, 0.5) is 0 Å². The molecule has 112 valence electrons. The van der Waals surface area contributed by atoms with Gasteiger partial charge in [-0.15, -0.1) is 24.0 Å². The van der Waals surface area contributed by atoms with E-state index in [2.05, 4.69) is 31.0 Å². The van der Waals surface area contributed by atoms with Gasteiger partial charge >= 0.3 is 0 Å². The average molecular weight is 379 g/mol. The second-order valence-electron chi connectivity index (χ2n) is 6.32. The molecule has 1 saturated heterocycles. The fourth-order valence-corrected chi connectivity index (χ4v) is 3.02. The molecule has 0 amide bonds. The lowest BCUT2D eigenvalue weighted by Gasteiger charge is -2.37. The third kappa shape index (κ3) is 5.88. The number of guanidine groups is 1. The second kappa shape index (κ2) is 8.32. The van der Waals surface area contributed by atoms with Crippen molar-refractivity contribution in [2.24, 2.45) is 22.7 Å². The van der Waals surface area contributed by atoms with E-state index in [1.54, 1.807) is 0 Å². The highest BCUT2D eigenvalue weighted by Gasteiger charge is 2.24. The number of likely N-dealkylation sites (tertiary alicyclic amines) is 1. The van der Waals surface area contributed by atoms with Crippen molar-refractivity contribution in [3.8, 4) is 0 Å². The van der Waals surface area contributed by atoms with Gasteiger partial charge in [0, 0.05) is 26.2 Å². The van der Waals surface area contributed by atoms with Crippen molar-refractivity contribution in [1.29, 1.82) is 0 Å². The van der Waals surface area contributed by atoms with Gasteiger partial charge in [-0.25, -0.2) is 0 Å². The Bertz CT molecular complexity index is 279. The fourth-order valence-electron chi connectivity index (χ4n) is 3.02. The molecule has 2 fully saturated rings. The van der Waals surface area contributed by atoms with E-state index >= 15 is 0 Å². The number of halogens is 1. The van der Waals surface area contributed by atoms with Crippen LogP contribution < -0.4 is 5.32 Å². The Morgan fingerprint density at radius 2 is 1.84 bits per heavy atom. The van der Waals surface area contributed by atoms with Gasteiger partial charge in [-0.3, -0.25) is 4.99 Å². The van der Waals surface area contributed by atoms with Crippen LogP contribution in [-0.2, 0) is 0 Å². The minimum Gasteiger partial charge on any atom is -0.357 e. The predicted octanol–water partition coefficient (Wildman–Crippen LogP) is 3.35. The number of hydrogen-bond acceptors (Lipinski definition) is 1. The summed E-state index contributed by atoms with van der Waals surface area (Å²) in [5.41, 5.74) is 0. The maximum atomic E-state index is 4.82. The van der Waals surface area contributed by atoms with E-state index in [1.165, 1.54) is 38.8 Å². The Morgan fingerprint density at radius 1 is 1.21 bits per heavy atom. The van der Waals surface area contributed by atoms with E-state index in [-0.39, 0.29) is 24.0 Å². The number of rotatable bonds is 4. The van der Waals surface area contributed by atoms with Crippen LogP contribution in [0.3, 0.4) is 0 Å². The number of nitrogens with zero attached hydrogens (tertiary/aromatic N) is 2. The summed E-state index contributed by atoms with van der Waals surface area (Å²) in [6, 6.07) is 0. The van der Waals surface area contributed by atoms with Crippen molar-refractivity contribution in [2.45, 2.75) is 46.5 Å². The lowest BCUT2D eigenvalue weighted by molar-refractivity contribution is 0.208. The third-order valence-corrected chi connectivity index (χ3v) is 4.00. The van der Waals surface area contributed by atoms with E-state index in [0.29, 0.717) is 0 Å². The molecule has 1 saturated carbocycles. The molecule has 0 bridgehead atoms. The normalized spacial score (nSPS) is 27.9. The summed E-state index contributed by atoms with van der Waals surface area (Å²) >= 11 is 0. The predicted molar refractivity (Wildman–Crippen MR) is 93.3 cm³/mol. The van der Waals surface area contributed by atoms with Crippen LogP contribution in [0.1, 0.15) is 46.5 Å². The molecule has 0 aromatic carbocycles. The van der Waals surface area contributed by atoms with Crippen molar-refractivity contribution in [3.05, 3.63) is 0 Å². The van der Waals surface area contributed by atoms with Crippen molar-refractivity contribution >= 4 is 29.9 Å². The quantitative estimate of drug-likeness (QED) is 0.461. The summed E-state index contributed by atoms with van der Waals surface area (Å²) in [6.45, 7) is 11.2. The summed E-state index contributed by atoms with van der Waals surface area (Å²) in [5, 5.41) is 3.46. The number of nitrogens with one attached hydrogen (secondary N) is 1. The zero-order valence-corrected chi connectivity index (χ0v) is 15.0. The van der Waals surface area contributed by atoms with Gasteiger partial charge in [-0.05, 0) is 37.5 Å². The van der Waals surface area contributed by atoms with E-state index < -0.39 is 0 Å². The van der Waals surface area contributed by atoms with Crippen LogP contribution in [0.15, 0.2) is 4.99 Å². The molecule has 1 aliphatic heterocycles. The van der Waals surface area contributed by atoms with Gasteiger partial charge in [-0.2, -0.15) is 0 Å². The zero-order valence-electron chi connectivity index (χ0n) is 12.7. The molecule has 1 aliphatic carbocycles. The van der Waals surface area contributed by atoms with Crippen LogP contribution in [0, 0.1) is 17.8 Å². The highest BCUT2D eigenvalue weighted by atomic mass is 127. The highest BCUT2D eigenvalue weighted by Crippen LogP contribution is 2.32. The first-order chi connectivity index (χ1) is 8.69. The lowest BCUT2D eigenvalue weighted by Crippen LogP contribution is -2.48. The summed E-state index contributed by atoms with van der Waals surface area (Å²) in [7, 11) is 0. The molecule has 1 heterocycles. The number of hydrogen-bond donors (Lipinski definition) is 1. The number of piperidine rings is 1. The van der Waals surface area contributed by atoms with E-state index in [0.717, 1.165) is 36.8 Å². The molecule has 0 radical (unpaired) electrons. The van der Waals surface area contributed by atoms with Gasteiger partial charge in [0.2, 0.25) is 0 Å². The van der Waals surface area contributed by atoms with E-state index in [9.17, 15) is 0 Å². The maximum Gasteiger partial charge on any atom is 0.193 e. The highest BCUT2D eigenvalue weighted by molar-refractivity contribution is 14.0. The van der Waals surface area contributed by atoms with Crippen molar-refractivity contribution in [3.63, 3.8) is 0 Å². The third-order valence-electron chi connectivity index (χ3n) is 4.00. The van der Waals surface area contributed by atoms with Crippen LogP contribution in [0.2, 0.25) is 0 Å². The van der Waals surface area contributed by atoms with Crippen LogP contribution in [-0.4, -0.2) is 37.0 Å². The molecule has 4 heteroatoms. The van der Waals surface area contributed by atoms with Crippen molar-refractivity contribution < 1.29 is 0 Å². The molecular weight excluding hydrogens is 349 g/mol. The molecule has 2 aliphatic rings. The minimum absolute atomic E-state index is 0. The largest absolute Gasteiger partial charge is 0.357 e. The molecule has 3 nitrogen and oxygen atoms in total. The zero-order chi connectivity index (χ0) is 13.0. The fraction of sp³-hybridized carbons (Fsp3) is 0.933. The monoisotopic (exact) mass is 379 g/mol. The van der Waals surface area contributed by atoms with Gasteiger partial charge < -0.3 is 10.2 Å². The number of aliphatic imine (C=N–C) groups is 1. The van der Waals surface area contributed by atoms with Crippen molar-refractivity contribution in [1.82, 2.24) is 10.2 Å². The van der Waals surface area contributed by atoms with Gasteiger partial charge in [0.1, 0.15) is 0 Å². The SMILES string of the molecule is CCNC(=NCCC1CC1)N1CC(C)CC(C)C1.I. The molecule has 0 aromatic heterocycles. The summed E-state index contributed by atoms with van der Waals surface area (Å²) in [6.07, 6.45) is 5.51. The summed E-state index contributed by atoms with van der Waals surface area (Å²) in [5.74, 6) is 3.72. The first-order valence-electron chi connectivity index (χ1n) is 7.72. The minimum atomic E-state index is 0. The molecule has 2 atom stereocenters. The maximum absolute atomic E-state index is 4.82. The van der Waals surface area contributed by atoms with E-state index in [1.807, 2.05) is 0 Å². The molecule has 2 unspecified atom stereocenters. The lowest BCUT2D eigenvalue weighted by atomic mass is 9.92. The van der Waals surface area contributed by atoms with Gasteiger partial charge in [0.25, 0.3) is 0 Å². The molecule has 2 rings (SSSR count). The standard InChI is InChI=1S/C15H29N3.HI/c1-4-16-15(17-8-7-14-5-6-14)18-10-12(2)9-13(3)11-18;/h12-14H,4-11H2,1-3H3,(H,16,17);1H. The Labute approximate surface area is 135 Å². The van der Waals surface area contributed by atoms with Crippen LogP contribution >= 0.6 is 24.0 Å². The Hall–Kier alpha value is 0. The van der Waals surface area contributed by atoms with Crippen molar-refractivity contribution in [2.75, 3.05) is 26.2 Å². The first-order valence-corrected chi connectivity index (χ1v) is 7.72. The van der Waals surface area contributed by atoms with Gasteiger partial charge in [0.15, 0.2) is 5.96 Å². The second-order valence-corrected chi connectivity index (χ2v) is 6.32. The first kappa shape index (κ1) is 17.1. The molecule has 1 N–H and O–H groups in total. The smallest absolute Gasteiger partial charge is 0.193 e. The summed E-state index contributed by atoms with van der Waals surface area (Å²) in [4.78, 5) is 7.29. The Kier molecular flexibility index (Phi) is 7.47. The van der Waals surface area contributed by atoms with Crippen LogP contribution in [0.25, 0.3) is 0 Å². The van der Waals surface area contributed by atoms with Crippen LogP contribution in [0.5, 0.6) is 0 Å². The molecule has 0 aromatic rings. The average Bonchev–Trinajstić information content (AvgIpc) is 3.10. The topological polar surface area (TPSA) is 27.6 Å².